The van der Waals surface area contributed by atoms with Gasteiger partial charge in [0, 0.05) is 11.8 Å². The summed E-state index contributed by atoms with van der Waals surface area (Å²) in [7, 11) is 0. The van der Waals surface area contributed by atoms with Gasteiger partial charge in [-0.05, 0) is 51.2 Å². The molecule has 23 heavy (non-hydrogen) atoms. The lowest BCUT2D eigenvalue weighted by Crippen LogP contribution is -2.38. The van der Waals surface area contributed by atoms with Crippen molar-refractivity contribution in [3.05, 3.63) is 24.3 Å². The van der Waals surface area contributed by atoms with E-state index in [0.717, 1.165) is 6.42 Å². The monoisotopic (exact) mass is 319 g/mol. The van der Waals surface area contributed by atoms with E-state index in [1.54, 1.807) is 12.1 Å². The summed E-state index contributed by atoms with van der Waals surface area (Å²) in [5.74, 6) is -1.14. The number of carbonyl (C=O) groups is 2. The van der Waals surface area contributed by atoms with Crippen molar-refractivity contribution in [1.82, 2.24) is 0 Å². The number of aliphatic carboxylic acids is 1. The van der Waals surface area contributed by atoms with Crippen molar-refractivity contribution in [1.29, 1.82) is 0 Å². The molecule has 0 saturated heterocycles. The van der Waals surface area contributed by atoms with Crippen LogP contribution in [0.3, 0.4) is 0 Å². The summed E-state index contributed by atoms with van der Waals surface area (Å²) in [4.78, 5) is 23.9. The maximum absolute atomic E-state index is 12.5. The summed E-state index contributed by atoms with van der Waals surface area (Å²) >= 11 is 0. The van der Waals surface area contributed by atoms with Crippen LogP contribution >= 0.6 is 0 Å². The van der Waals surface area contributed by atoms with Gasteiger partial charge < -0.3 is 15.2 Å². The Kier molecular flexibility index (Phi) is 5.64. The fraction of sp³-hybridized carbons (Fsp3) is 0.556. The number of benzene rings is 1. The first-order chi connectivity index (χ1) is 10.9. The first kappa shape index (κ1) is 17.3. The summed E-state index contributed by atoms with van der Waals surface area (Å²) < 4.78 is 5.61. The van der Waals surface area contributed by atoms with Crippen molar-refractivity contribution < 1.29 is 19.4 Å². The molecule has 3 unspecified atom stereocenters. The number of anilines is 1. The van der Waals surface area contributed by atoms with Gasteiger partial charge in [0.1, 0.15) is 5.75 Å². The van der Waals surface area contributed by atoms with Gasteiger partial charge >= 0.3 is 5.97 Å². The maximum atomic E-state index is 12.5. The van der Waals surface area contributed by atoms with Crippen molar-refractivity contribution in [2.24, 2.45) is 17.8 Å². The lowest BCUT2D eigenvalue weighted by molar-refractivity contribution is -0.148. The molecule has 0 aliphatic heterocycles. The van der Waals surface area contributed by atoms with E-state index in [4.69, 9.17) is 4.74 Å². The van der Waals surface area contributed by atoms with Crippen LogP contribution in [-0.2, 0) is 9.59 Å². The van der Waals surface area contributed by atoms with Gasteiger partial charge in [0.05, 0.1) is 17.9 Å². The molecule has 1 fully saturated rings. The van der Waals surface area contributed by atoms with E-state index in [-0.39, 0.29) is 12.0 Å². The van der Waals surface area contributed by atoms with Gasteiger partial charge in [-0.15, -0.1) is 0 Å². The lowest BCUT2D eigenvalue weighted by atomic mass is 9.74. The number of carboxylic acids is 1. The van der Waals surface area contributed by atoms with Crippen molar-refractivity contribution in [2.75, 3.05) is 5.32 Å². The summed E-state index contributed by atoms with van der Waals surface area (Å²) in [5, 5.41) is 12.2. The molecule has 1 aromatic rings. The fourth-order valence-electron chi connectivity index (χ4n) is 3.12. The Bertz CT molecular complexity index is 570. The zero-order valence-electron chi connectivity index (χ0n) is 13.9. The zero-order valence-corrected chi connectivity index (χ0v) is 13.9. The smallest absolute Gasteiger partial charge is 0.307 e. The lowest BCUT2D eigenvalue weighted by Gasteiger charge is -2.31. The minimum Gasteiger partial charge on any atom is -0.491 e. The van der Waals surface area contributed by atoms with E-state index >= 15 is 0 Å². The zero-order chi connectivity index (χ0) is 17.0. The molecule has 0 spiro atoms. The quantitative estimate of drug-likeness (QED) is 0.870. The molecule has 0 radical (unpaired) electrons. The second-order valence-electron chi connectivity index (χ2n) is 6.65. The van der Waals surface area contributed by atoms with Gasteiger partial charge in [-0.2, -0.15) is 0 Å². The first-order valence-corrected chi connectivity index (χ1v) is 8.17. The third-order valence-electron chi connectivity index (χ3n) is 4.24. The highest BCUT2D eigenvalue weighted by Gasteiger charge is 2.38. The molecule has 2 rings (SSSR count). The van der Waals surface area contributed by atoms with Crippen molar-refractivity contribution >= 4 is 17.6 Å². The highest BCUT2D eigenvalue weighted by atomic mass is 16.5. The number of carbonyl (C=O) groups excluding carboxylic acids is 1. The minimum absolute atomic E-state index is 0.0529. The van der Waals surface area contributed by atoms with E-state index in [2.05, 4.69) is 5.32 Å². The molecule has 126 valence electrons. The Labute approximate surface area is 137 Å². The second-order valence-corrected chi connectivity index (χ2v) is 6.65. The predicted molar refractivity (Wildman–Crippen MR) is 88.5 cm³/mol. The molecule has 0 heterocycles. The number of amides is 1. The van der Waals surface area contributed by atoms with Crippen LogP contribution in [0.2, 0.25) is 0 Å². The van der Waals surface area contributed by atoms with E-state index < -0.39 is 17.8 Å². The van der Waals surface area contributed by atoms with Gasteiger partial charge in [-0.3, -0.25) is 9.59 Å². The molecule has 1 amide bonds. The Morgan fingerprint density at radius 1 is 1.26 bits per heavy atom. The third kappa shape index (κ3) is 4.71. The minimum atomic E-state index is -0.881. The Morgan fingerprint density at radius 3 is 2.65 bits per heavy atom. The van der Waals surface area contributed by atoms with E-state index in [9.17, 15) is 14.7 Å². The Morgan fingerprint density at radius 2 is 2.00 bits per heavy atom. The molecule has 1 aliphatic carbocycles. The van der Waals surface area contributed by atoms with Crippen LogP contribution in [0, 0.1) is 17.8 Å². The number of hydrogen-bond acceptors (Lipinski definition) is 3. The molecular weight excluding hydrogens is 294 g/mol. The SMILES string of the molecule is CC1CCC(C(=O)Nc2cccc(OC(C)C)c2)C(C(=O)O)C1. The molecule has 5 nitrogen and oxygen atoms in total. The van der Waals surface area contributed by atoms with Gasteiger partial charge in [-0.25, -0.2) is 0 Å². The molecule has 3 atom stereocenters. The Balaban J connectivity index is 2.07. The van der Waals surface area contributed by atoms with E-state index in [0.29, 0.717) is 30.2 Å². The summed E-state index contributed by atoms with van der Waals surface area (Å²) in [6.45, 7) is 5.91. The number of ether oxygens (including phenoxy) is 1. The Hall–Kier alpha value is -2.04. The standard InChI is InChI=1S/C18H25NO4/c1-11(2)23-14-6-4-5-13(10-14)19-17(20)15-8-7-12(3)9-16(15)18(21)22/h4-6,10-12,15-16H,7-9H2,1-3H3,(H,19,20)(H,21,22). The van der Waals surface area contributed by atoms with Gasteiger partial charge in [-0.1, -0.05) is 13.0 Å². The molecule has 1 saturated carbocycles. The highest BCUT2D eigenvalue weighted by molar-refractivity contribution is 5.95. The number of nitrogens with one attached hydrogen (secondary N) is 1. The predicted octanol–water partition coefficient (Wildman–Crippen LogP) is 3.55. The molecule has 2 N–H and O–H groups in total. The van der Waals surface area contributed by atoms with Gasteiger partial charge in [0.25, 0.3) is 0 Å². The van der Waals surface area contributed by atoms with Crippen LogP contribution in [0.1, 0.15) is 40.0 Å². The molecule has 1 aromatic carbocycles. The van der Waals surface area contributed by atoms with Crippen molar-refractivity contribution in [3.63, 3.8) is 0 Å². The largest absolute Gasteiger partial charge is 0.491 e. The summed E-state index contributed by atoms with van der Waals surface area (Å²) in [5.41, 5.74) is 0.635. The molecule has 0 aromatic heterocycles. The average Bonchev–Trinajstić information content (AvgIpc) is 2.46. The van der Waals surface area contributed by atoms with E-state index in [1.165, 1.54) is 0 Å². The third-order valence-corrected chi connectivity index (χ3v) is 4.24. The number of rotatable bonds is 5. The van der Waals surface area contributed by atoms with Crippen LogP contribution in [0.25, 0.3) is 0 Å². The van der Waals surface area contributed by atoms with Gasteiger partial charge in [0.2, 0.25) is 5.91 Å². The van der Waals surface area contributed by atoms with Crippen LogP contribution in [-0.4, -0.2) is 23.1 Å². The topological polar surface area (TPSA) is 75.6 Å². The van der Waals surface area contributed by atoms with Crippen molar-refractivity contribution in [2.45, 2.75) is 46.1 Å². The van der Waals surface area contributed by atoms with E-state index in [1.807, 2.05) is 32.9 Å². The average molecular weight is 319 g/mol. The maximum Gasteiger partial charge on any atom is 0.307 e. The number of hydrogen-bond donors (Lipinski definition) is 2. The summed E-state index contributed by atoms with van der Waals surface area (Å²) in [6.07, 6.45) is 2.12. The highest BCUT2D eigenvalue weighted by Crippen LogP contribution is 2.35. The molecule has 5 heteroatoms. The molecule has 0 bridgehead atoms. The van der Waals surface area contributed by atoms with Crippen LogP contribution in [0.4, 0.5) is 5.69 Å². The molecule has 1 aliphatic rings. The van der Waals surface area contributed by atoms with Crippen LogP contribution < -0.4 is 10.1 Å². The van der Waals surface area contributed by atoms with Crippen molar-refractivity contribution in [3.8, 4) is 5.75 Å². The van der Waals surface area contributed by atoms with Crippen LogP contribution in [0.5, 0.6) is 5.75 Å². The van der Waals surface area contributed by atoms with Crippen LogP contribution in [0.15, 0.2) is 24.3 Å². The second kappa shape index (κ2) is 7.49. The van der Waals surface area contributed by atoms with Gasteiger partial charge in [0.15, 0.2) is 0 Å². The number of carboxylic acid groups (broad SMARTS) is 1. The molecular formula is C18H25NO4. The first-order valence-electron chi connectivity index (χ1n) is 8.17. The fourth-order valence-corrected chi connectivity index (χ4v) is 3.12. The summed E-state index contributed by atoms with van der Waals surface area (Å²) in [6, 6.07) is 7.19. The normalized spacial score (nSPS) is 24.3.